The summed E-state index contributed by atoms with van der Waals surface area (Å²) in [5.74, 6) is 27.8. The first-order valence-corrected chi connectivity index (χ1v) is 13.6. The van der Waals surface area contributed by atoms with Crippen LogP contribution in [0.2, 0.25) is 0 Å². The van der Waals surface area contributed by atoms with Crippen molar-refractivity contribution in [2.45, 2.75) is 105 Å². The fourth-order valence-electron chi connectivity index (χ4n) is 3.56. The van der Waals surface area contributed by atoms with Crippen LogP contribution in [0.4, 0.5) is 0 Å². The van der Waals surface area contributed by atoms with Gasteiger partial charge < -0.3 is 1.43 Å². The molecule has 0 atom stereocenters. The molecule has 0 bridgehead atoms. The van der Waals surface area contributed by atoms with Gasteiger partial charge in [0.05, 0.1) is 0 Å². The van der Waals surface area contributed by atoms with Crippen LogP contribution in [0.3, 0.4) is 0 Å². The van der Waals surface area contributed by atoms with Gasteiger partial charge in [-0.3, -0.25) is 61.3 Å². The molecule has 0 spiro atoms. The molecule has 0 heterocycles. The van der Waals surface area contributed by atoms with Gasteiger partial charge >= 0.3 is 51.4 Å². The van der Waals surface area contributed by atoms with Gasteiger partial charge in [-0.15, -0.1) is 0 Å². The number of hydrogen-bond donors (Lipinski definition) is 12. The Hall–Kier alpha value is -1.78. The zero-order valence-corrected chi connectivity index (χ0v) is 29.7. The van der Waals surface area contributed by atoms with Crippen molar-refractivity contribution in [2.24, 2.45) is 46.9 Å². The van der Waals surface area contributed by atoms with Crippen molar-refractivity contribution in [1.82, 2.24) is 32.6 Å². The minimum absolute atomic E-state index is 0. The average molecular weight is 649 g/mol. The fourth-order valence-corrected chi connectivity index (χ4v) is 3.56. The van der Waals surface area contributed by atoms with Crippen molar-refractivity contribution in [3.8, 4) is 0 Å². The topological polar surface area (TPSA) is 331 Å². The van der Waals surface area contributed by atoms with E-state index in [1.807, 2.05) is 21.7 Å². The number of amides is 6. The molecule has 2 saturated carbocycles. The second-order valence-electron chi connectivity index (χ2n) is 9.36. The van der Waals surface area contributed by atoms with Crippen molar-refractivity contribution in [3.63, 3.8) is 0 Å². The number of carbonyl (C=O) groups is 6. The van der Waals surface area contributed by atoms with Crippen molar-refractivity contribution in [1.29, 1.82) is 0 Å². The molecule has 18 N–H and O–H groups in total. The third-order valence-electron chi connectivity index (χ3n) is 5.57. The quantitative estimate of drug-likeness (QED) is 0.0448. The summed E-state index contributed by atoms with van der Waals surface area (Å²) in [7, 11) is 0. The van der Waals surface area contributed by atoms with Crippen LogP contribution in [0.15, 0.2) is 0 Å². The van der Waals surface area contributed by atoms with Crippen molar-refractivity contribution in [3.05, 3.63) is 0 Å². The summed E-state index contributed by atoms with van der Waals surface area (Å²) in [6, 6.07) is 0. The molecular formula is C24H57KN12O6. The van der Waals surface area contributed by atoms with E-state index in [2.05, 4.69) is 35.1 Å². The summed E-state index contributed by atoms with van der Waals surface area (Å²) < 4.78 is 0. The Morgan fingerprint density at radius 1 is 0.488 bits per heavy atom. The molecule has 2 aliphatic carbocycles. The molecule has 2 aliphatic rings. The number of hydrogen-bond acceptors (Lipinski definition) is 12. The first-order valence-electron chi connectivity index (χ1n) is 13.6. The molecule has 0 aromatic carbocycles. The van der Waals surface area contributed by atoms with Gasteiger partial charge in [-0.25, -0.2) is 35.1 Å². The number of nitrogens with two attached hydrogens (primary N) is 6. The zero-order chi connectivity index (χ0) is 33.3. The van der Waals surface area contributed by atoms with E-state index in [4.69, 9.17) is 0 Å². The number of rotatable bonds is 4. The summed E-state index contributed by atoms with van der Waals surface area (Å²) in [4.78, 5) is 58.8. The predicted octanol–water partition coefficient (Wildman–Crippen LogP) is -5.01. The van der Waals surface area contributed by atoms with Crippen LogP contribution in [0.5, 0.6) is 0 Å². The molecule has 0 saturated heterocycles. The summed E-state index contributed by atoms with van der Waals surface area (Å²) in [5, 5.41) is 0. The Morgan fingerprint density at radius 3 is 0.860 bits per heavy atom. The van der Waals surface area contributed by atoms with Crippen molar-refractivity contribution >= 4 is 35.4 Å². The Kier molecular flexibility index (Phi) is 45.2. The summed E-state index contributed by atoms with van der Waals surface area (Å²) in [5.41, 5.74) is 11.1. The van der Waals surface area contributed by atoms with E-state index in [-0.39, 0.29) is 82.9 Å². The van der Waals surface area contributed by atoms with E-state index in [1.54, 1.807) is 43.0 Å². The Morgan fingerprint density at radius 2 is 0.698 bits per heavy atom. The number of carbonyl (C=O) groups excluding carboxylic acids is 6. The van der Waals surface area contributed by atoms with Gasteiger partial charge in [0.2, 0.25) is 35.4 Å². The van der Waals surface area contributed by atoms with E-state index >= 15 is 0 Å². The smallest absolute Gasteiger partial charge is 1.00 e. The molecule has 0 aromatic heterocycles. The van der Waals surface area contributed by atoms with Gasteiger partial charge in [0.25, 0.3) is 0 Å². The molecular weight excluding hydrogens is 591 g/mol. The first kappa shape index (κ1) is 50.8. The molecule has 0 aliphatic heterocycles. The Balaban J connectivity index is -0.000000104. The van der Waals surface area contributed by atoms with E-state index in [0.29, 0.717) is 0 Å². The van der Waals surface area contributed by atoms with Gasteiger partial charge in [0.15, 0.2) is 0 Å². The van der Waals surface area contributed by atoms with E-state index < -0.39 is 11.8 Å². The monoisotopic (exact) mass is 648 g/mol. The normalized spacial score (nSPS) is 13.3. The molecule has 43 heavy (non-hydrogen) atoms. The van der Waals surface area contributed by atoms with E-state index in [1.165, 1.54) is 66.2 Å². The van der Waals surface area contributed by atoms with Crippen molar-refractivity contribution in [2.75, 3.05) is 0 Å². The summed E-state index contributed by atoms with van der Waals surface area (Å²) >= 11 is 0. The molecule has 0 aromatic rings. The second kappa shape index (κ2) is 38.2. The molecule has 6 amide bonds. The van der Waals surface area contributed by atoms with E-state index in [0.717, 1.165) is 11.8 Å². The van der Waals surface area contributed by atoms with Crippen LogP contribution >= 0.6 is 0 Å². The minimum Gasteiger partial charge on any atom is -1.00 e. The van der Waals surface area contributed by atoms with Gasteiger partial charge in [0, 0.05) is 27.7 Å². The van der Waals surface area contributed by atoms with Crippen LogP contribution in [0, 0.1) is 11.8 Å². The maximum absolute atomic E-state index is 10.2. The molecule has 0 unspecified atom stereocenters. The minimum atomic E-state index is -0.571. The van der Waals surface area contributed by atoms with Crippen LogP contribution in [-0.2, 0) is 28.8 Å². The summed E-state index contributed by atoms with van der Waals surface area (Å²) in [6.45, 7) is 5.39. The molecule has 18 nitrogen and oxygen atoms in total. The van der Waals surface area contributed by atoms with Gasteiger partial charge in [-0.2, -0.15) is 0 Å². The first-order chi connectivity index (χ1) is 19.7. The van der Waals surface area contributed by atoms with Crippen molar-refractivity contribution < 1.29 is 81.6 Å². The van der Waals surface area contributed by atoms with Gasteiger partial charge in [-0.05, 0) is 18.3 Å². The van der Waals surface area contributed by atoms with E-state index in [9.17, 15) is 28.8 Å². The predicted molar refractivity (Wildman–Crippen MR) is 160 cm³/mol. The summed E-state index contributed by atoms with van der Waals surface area (Å²) in [6.07, 6.45) is 16.6. The van der Waals surface area contributed by atoms with Crippen LogP contribution in [-0.4, -0.2) is 35.4 Å². The third-order valence-corrected chi connectivity index (χ3v) is 5.57. The maximum Gasteiger partial charge on any atom is 1.00 e. The van der Waals surface area contributed by atoms with Crippen LogP contribution in [0.25, 0.3) is 0 Å². The Bertz CT molecular complexity index is 658. The van der Waals surface area contributed by atoms with Crippen LogP contribution < -0.4 is 119 Å². The molecule has 2 rings (SSSR count). The molecule has 2 fully saturated rings. The SMILES string of the molecule is C1CCC(CC2CCCCC2)CC1.CC(=O)NN.CC(=O)NN.CC(=O)NN.CC(=O)NN.NNC(=O)CC(=O)NN.[H-].[K+]. The molecule has 250 valence electrons. The second-order valence-corrected chi connectivity index (χ2v) is 9.36. The maximum atomic E-state index is 10.2. The zero-order valence-electron chi connectivity index (χ0n) is 27.6. The largest absolute Gasteiger partial charge is 1.00 e. The average Bonchev–Trinajstić information content (AvgIpc) is 2.99. The van der Waals surface area contributed by atoms with Crippen LogP contribution in [0.1, 0.15) is 106 Å². The fraction of sp³-hybridized carbons (Fsp3) is 0.750. The number of nitrogens with one attached hydrogen (secondary N) is 6. The Labute approximate surface area is 299 Å². The van der Waals surface area contributed by atoms with Gasteiger partial charge in [0.1, 0.15) is 6.42 Å². The molecule has 19 heteroatoms. The standard InChI is InChI=1S/C13H24.C3H8N4O2.4C2H6N2O.K.H/c1-3-7-12(8-4-1)11-13-9-5-2-6-10-13;4-6-2(8)1-3(9)7-5;4*1-2(5)4-3;;/h12-13H,1-11H2;1,4-5H2,(H,6,8)(H,7,9);4*3H2,1H3,(H,4,5);;/q;;;;;;+1;-1. The number of hydrazine groups is 6. The van der Waals surface area contributed by atoms with Gasteiger partial charge in [-0.1, -0.05) is 64.2 Å². The molecule has 0 radical (unpaired) electrons. The third kappa shape index (κ3) is 50.2.